The molecular formula is C26H32F2N6O3. The quantitative estimate of drug-likeness (QED) is 0.540. The molecule has 37 heavy (non-hydrogen) atoms. The highest BCUT2D eigenvalue weighted by molar-refractivity contribution is 5.99. The SMILES string of the molecule is CN(C)C(=O)c1cc2cnc(N[C@@H]3CCOC[C@H]3O)nc2n1-c1ccc2c(c1)C(F)(F)CCC2N(C)C. The van der Waals surface area contributed by atoms with Crippen LogP contribution in [0.4, 0.5) is 14.7 Å². The second kappa shape index (κ2) is 9.62. The Kier molecular flexibility index (Phi) is 6.63. The summed E-state index contributed by atoms with van der Waals surface area (Å²) in [6.45, 7) is 0.723. The summed E-state index contributed by atoms with van der Waals surface area (Å²) in [4.78, 5) is 25.6. The number of nitrogens with one attached hydrogen (secondary N) is 1. The van der Waals surface area contributed by atoms with Crippen molar-refractivity contribution < 1.29 is 23.4 Å². The molecule has 5 rings (SSSR count). The first kappa shape index (κ1) is 25.5. The Bertz CT molecular complexity index is 1330. The van der Waals surface area contributed by atoms with Gasteiger partial charge in [-0.2, -0.15) is 4.98 Å². The molecule has 0 saturated carbocycles. The molecule has 1 aromatic carbocycles. The number of aliphatic hydroxyl groups excluding tert-OH is 1. The highest BCUT2D eigenvalue weighted by Crippen LogP contribution is 2.46. The zero-order valence-corrected chi connectivity index (χ0v) is 21.4. The number of hydrogen-bond acceptors (Lipinski definition) is 7. The van der Waals surface area contributed by atoms with Crippen LogP contribution < -0.4 is 5.32 Å². The summed E-state index contributed by atoms with van der Waals surface area (Å²) in [6.07, 6.45) is 1.59. The van der Waals surface area contributed by atoms with Crippen molar-refractivity contribution in [2.45, 2.75) is 43.4 Å². The van der Waals surface area contributed by atoms with E-state index in [9.17, 15) is 9.90 Å². The van der Waals surface area contributed by atoms with Gasteiger partial charge in [0.15, 0.2) is 5.65 Å². The van der Waals surface area contributed by atoms with Crippen molar-refractivity contribution in [2.24, 2.45) is 0 Å². The maximum absolute atomic E-state index is 15.1. The number of alkyl halides is 2. The molecular weight excluding hydrogens is 482 g/mol. The number of ether oxygens (including phenoxy) is 1. The fourth-order valence-electron chi connectivity index (χ4n) is 5.20. The lowest BCUT2D eigenvalue weighted by atomic mass is 9.84. The number of amides is 1. The number of benzene rings is 1. The number of fused-ring (bicyclic) bond motifs is 2. The molecule has 3 atom stereocenters. The number of anilines is 1. The third-order valence-corrected chi connectivity index (χ3v) is 7.21. The van der Waals surface area contributed by atoms with Gasteiger partial charge in [-0.25, -0.2) is 13.8 Å². The Morgan fingerprint density at radius 3 is 2.70 bits per heavy atom. The van der Waals surface area contributed by atoms with Gasteiger partial charge in [-0.1, -0.05) is 6.07 Å². The molecule has 2 aromatic heterocycles. The maximum atomic E-state index is 15.1. The van der Waals surface area contributed by atoms with Gasteiger partial charge >= 0.3 is 0 Å². The molecule has 2 N–H and O–H groups in total. The topological polar surface area (TPSA) is 95.8 Å². The average molecular weight is 515 g/mol. The van der Waals surface area contributed by atoms with Crippen LogP contribution in [0.5, 0.6) is 0 Å². The Hall–Kier alpha value is -3.15. The molecule has 0 bridgehead atoms. The smallest absolute Gasteiger partial charge is 0.273 e. The van der Waals surface area contributed by atoms with Gasteiger partial charge < -0.3 is 25.0 Å². The highest BCUT2D eigenvalue weighted by Gasteiger charge is 2.41. The van der Waals surface area contributed by atoms with Crippen LogP contribution in [0.15, 0.2) is 30.5 Å². The van der Waals surface area contributed by atoms with Crippen molar-refractivity contribution in [3.8, 4) is 5.69 Å². The predicted octanol–water partition coefficient (Wildman–Crippen LogP) is 3.17. The van der Waals surface area contributed by atoms with E-state index in [1.165, 1.54) is 11.0 Å². The summed E-state index contributed by atoms with van der Waals surface area (Å²) in [5.74, 6) is -2.99. The Morgan fingerprint density at radius 2 is 2.00 bits per heavy atom. The van der Waals surface area contributed by atoms with Gasteiger partial charge in [0.25, 0.3) is 11.8 Å². The van der Waals surface area contributed by atoms with Crippen LogP contribution in [0.25, 0.3) is 16.7 Å². The zero-order chi connectivity index (χ0) is 26.5. The van der Waals surface area contributed by atoms with Gasteiger partial charge in [-0.15, -0.1) is 0 Å². The van der Waals surface area contributed by atoms with Crippen molar-refractivity contribution in [1.82, 2.24) is 24.3 Å². The third kappa shape index (κ3) is 4.67. The second-order valence-electron chi connectivity index (χ2n) is 10.2. The van der Waals surface area contributed by atoms with E-state index in [1.54, 1.807) is 43.1 Å². The van der Waals surface area contributed by atoms with Crippen molar-refractivity contribution >= 4 is 22.9 Å². The molecule has 1 aliphatic carbocycles. The minimum Gasteiger partial charge on any atom is -0.389 e. The summed E-state index contributed by atoms with van der Waals surface area (Å²) in [5, 5.41) is 14.0. The number of aliphatic hydroxyl groups is 1. The minimum atomic E-state index is -2.98. The van der Waals surface area contributed by atoms with E-state index >= 15 is 8.78 Å². The number of aromatic nitrogens is 3. The molecule has 1 amide bonds. The molecule has 1 aliphatic heterocycles. The van der Waals surface area contributed by atoms with Crippen molar-refractivity contribution in [1.29, 1.82) is 0 Å². The Morgan fingerprint density at radius 1 is 1.22 bits per heavy atom. The second-order valence-corrected chi connectivity index (χ2v) is 10.2. The molecule has 2 aliphatic rings. The molecule has 1 unspecified atom stereocenters. The van der Waals surface area contributed by atoms with E-state index in [2.05, 4.69) is 15.3 Å². The van der Waals surface area contributed by atoms with Gasteiger partial charge in [0.1, 0.15) is 5.69 Å². The molecule has 11 heteroatoms. The van der Waals surface area contributed by atoms with Crippen molar-refractivity contribution in [3.63, 3.8) is 0 Å². The van der Waals surface area contributed by atoms with Crippen LogP contribution in [-0.2, 0) is 10.7 Å². The third-order valence-electron chi connectivity index (χ3n) is 7.21. The van der Waals surface area contributed by atoms with E-state index in [4.69, 9.17) is 4.74 Å². The van der Waals surface area contributed by atoms with E-state index in [0.29, 0.717) is 47.4 Å². The number of carbonyl (C=O) groups excluding carboxylic acids is 1. The van der Waals surface area contributed by atoms with Crippen molar-refractivity contribution in [2.75, 3.05) is 46.7 Å². The van der Waals surface area contributed by atoms with Crippen molar-refractivity contribution in [3.05, 3.63) is 47.3 Å². The molecule has 198 valence electrons. The Labute approximate surface area is 214 Å². The molecule has 3 aromatic rings. The molecule has 3 heterocycles. The fourth-order valence-corrected chi connectivity index (χ4v) is 5.20. The summed E-state index contributed by atoms with van der Waals surface area (Å²) in [5.41, 5.74) is 1.69. The number of halogens is 2. The summed E-state index contributed by atoms with van der Waals surface area (Å²) >= 11 is 0. The van der Waals surface area contributed by atoms with Crippen LogP contribution in [0.2, 0.25) is 0 Å². The minimum absolute atomic E-state index is 0.0298. The first-order chi connectivity index (χ1) is 17.6. The molecule has 0 spiro atoms. The lowest BCUT2D eigenvalue weighted by Crippen LogP contribution is -2.42. The first-order valence-corrected chi connectivity index (χ1v) is 12.4. The summed E-state index contributed by atoms with van der Waals surface area (Å²) < 4.78 is 37.2. The number of rotatable bonds is 5. The molecule has 0 radical (unpaired) electrons. The van der Waals surface area contributed by atoms with Gasteiger partial charge in [-0.3, -0.25) is 9.36 Å². The normalized spacial score (nSPS) is 23.2. The van der Waals surface area contributed by atoms with Crippen LogP contribution in [-0.4, -0.2) is 88.9 Å². The number of hydrogen-bond donors (Lipinski definition) is 2. The predicted molar refractivity (Wildman–Crippen MR) is 135 cm³/mol. The number of nitrogens with zero attached hydrogens (tertiary/aromatic N) is 5. The largest absolute Gasteiger partial charge is 0.389 e. The summed E-state index contributed by atoms with van der Waals surface area (Å²) in [6, 6.07) is 6.25. The fraction of sp³-hybridized carbons (Fsp3) is 0.500. The van der Waals surface area contributed by atoms with E-state index in [-0.39, 0.29) is 42.5 Å². The lowest BCUT2D eigenvalue weighted by molar-refractivity contribution is -0.0322. The van der Waals surface area contributed by atoms with Gasteiger partial charge in [0, 0.05) is 56.0 Å². The van der Waals surface area contributed by atoms with E-state index in [0.717, 1.165) is 0 Å². The Balaban J connectivity index is 1.65. The molecule has 1 fully saturated rings. The summed E-state index contributed by atoms with van der Waals surface area (Å²) in [7, 11) is 7.05. The van der Waals surface area contributed by atoms with Crippen LogP contribution in [0, 0.1) is 0 Å². The highest BCUT2D eigenvalue weighted by atomic mass is 19.3. The van der Waals surface area contributed by atoms with E-state index < -0.39 is 12.0 Å². The average Bonchev–Trinajstić information content (AvgIpc) is 3.23. The van der Waals surface area contributed by atoms with Crippen LogP contribution in [0.3, 0.4) is 0 Å². The zero-order valence-electron chi connectivity index (χ0n) is 21.4. The van der Waals surface area contributed by atoms with Gasteiger partial charge in [0.05, 0.1) is 18.8 Å². The molecule has 9 nitrogen and oxygen atoms in total. The van der Waals surface area contributed by atoms with Crippen LogP contribution >= 0.6 is 0 Å². The van der Waals surface area contributed by atoms with Gasteiger partial charge in [-0.05, 0) is 50.7 Å². The maximum Gasteiger partial charge on any atom is 0.273 e. The lowest BCUT2D eigenvalue weighted by Gasteiger charge is -2.35. The first-order valence-electron chi connectivity index (χ1n) is 12.4. The van der Waals surface area contributed by atoms with Crippen LogP contribution in [0.1, 0.15) is 46.9 Å². The van der Waals surface area contributed by atoms with E-state index in [1.807, 2.05) is 19.0 Å². The standard InChI is InChI=1S/C26H32F2N6O3/c1-32(2)20-7-9-26(27,28)18-12-16(5-6-17(18)20)34-21(24(36)33(3)4)11-15-13-29-25(31-23(15)34)30-19-8-10-37-14-22(19)35/h5-6,11-13,19-20,22,35H,7-10,14H2,1-4H3,(H,29,30,31)/t19-,20?,22-/m1/s1. The monoisotopic (exact) mass is 514 g/mol. The number of carbonyl (C=O) groups is 1. The van der Waals surface area contributed by atoms with Gasteiger partial charge in [0.2, 0.25) is 5.95 Å². The molecule has 1 saturated heterocycles.